The van der Waals surface area contributed by atoms with Gasteiger partial charge in [-0.15, -0.1) is 13.2 Å². The molecule has 0 saturated heterocycles. The maximum Gasteiger partial charge on any atom is 0.573 e. The Bertz CT molecular complexity index is 1080. The van der Waals surface area contributed by atoms with E-state index in [0.29, 0.717) is 35.9 Å². The van der Waals surface area contributed by atoms with Gasteiger partial charge in [-0.25, -0.2) is 0 Å². The van der Waals surface area contributed by atoms with Crippen LogP contribution < -0.4 is 10.1 Å². The van der Waals surface area contributed by atoms with E-state index >= 15 is 0 Å². The minimum Gasteiger partial charge on any atom is -0.406 e. The highest BCUT2D eigenvalue weighted by molar-refractivity contribution is 6.31. The van der Waals surface area contributed by atoms with Gasteiger partial charge in [0.05, 0.1) is 6.10 Å². The van der Waals surface area contributed by atoms with Gasteiger partial charge in [-0.2, -0.15) is 0 Å². The molecule has 0 aliphatic rings. The Kier molecular flexibility index (Phi) is 7.69. The van der Waals surface area contributed by atoms with Gasteiger partial charge < -0.3 is 19.4 Å². The minimum atomic E-state index is -4.78. The maximum absolute atomic E-state index is 12.9. The van der Waals surface area contributed by atoms with E-state index in [1.165, 1.54) is 18.2 Å². The Morgan fingerprint density at radius 1 is 1.16 bits per heavy atom. The van der Waals surface area contributed by atoms with Crippen molar-refractivity contribution in [2.75, 3.05) is 13.2 Å². The second-order valence-corrected chi connectivity index (χ2v) is 7.98. The Labute approximate surface area is 189 Å². The molecule has 0 fully saturated rings. The molecular weight excluding hydrogens is 445 g/mol. The monoisotopic (exact) mass is 468 g/mol. The summed E-state index contributed by atoms with van der Waals surface area (Å²) in [7, 11) is 0. The summed E-state index contributed by atoms with van der Waals surface area (Å²) in [5.41, 5.74) is 1.68. The second-order valence-electron chi connectivity index (χ2n) is 7.54. The van der Waals surface area contributed by atoms with Crippen molar-refractivity contribution in [2.45, 2.75) is 39.3 Å². The number of carbonyl (C=O) groups is 1. The molecule has 1 aromatic heterocycles. The fourth-order valence-electron chi connectivity index (χ4n) is 3.31. The van der Waals surface area contributed by atoms with E-state index in [0.717, 1.165) is 10.9 Å². The molecule has 1 N–H and O–H groups in total. The smallest absolute Gasteiger partial charge is 0.406 e. The first-order valence-corrected chi connectivity index (χ1v) is 10.5. The number of ether oxygens (including phenoxy) is 2. The minimum absolute atomic E-state index is 0.120. The van der Waals surface area contributed by atoms with Crippen LogP contribution in [0.5, 0.6) is 5.75 Å². The summed E-state index contributed by atoms with van der Waals surface area (Å²) >= 11 is 6.10. The summed E-state index contributed by atoms with van der Waals surface area (Å²) in [6, 6.07) is 12.6. The molecule has 3 rings (SSSR count). The van der Waals surface area contributed by atoms with E-state index in [1.54, 1.807) is 34.9 Å². The van der Waals surface area contributed by atoms with Gasteiger partial charge in [-0.1, -0.05) is 23.7 Å². The molecule has 0 radical (unpaired) electrons. The van der Waals surface area contributed by atoms with Gasteiger partial charge in [-0.3, -0.25) is 4.79 Å². The molecule has 9 heteroatoms. The Morgan fingerprint density at radius 3 is 2.66 bits per heavy atom. The number of benzene rings is 2. The van der Waals surface area contributed by atoms with Crippen molar-refractivity contribution in [3.05, 3.63) is 64.8 Å². The van der Waals surface area contributed by atoms with Crippen molar-refractivity contribution < 1.29 is 27.4 Å². The van der Waals surface area contributed by atoms with Crippen LogP contribution in [0.2, 0.25) is 5.02 Å². The molecule has 3 aromatic rings. The summed E-state index contributed by atoms with van der Waals surface area (Å²) in [6.45, 7) is 5.03. The number of hydrogen-bond donors (Lipinski definition) is 1. The summed E-state index contributed by atoms with van der Waals surface area (Å²) in [6.07, 6.45) is -4.00. The molecule has 0 aliphatic carbocycles. The number of hydrogen-bond acceptors (Lipinski definition) is 3. The summed E-state index contributed by atoms with van der Waals surface area (Å²) in [5.74, 6) is -0.602. The number of rotatable bonds is 9. The van der Waals surface area contributed by atoms with E-state index in [2.05, 4.69) is 10.1 Å². The number of nitrogens with one attached hydrogen (secondary N) is 1. The molecule has 0 bridgehead atoms. The fourth-order valence-corrected chi connectivity index (χ4v) is 3.49. The Morgan fingerprint density at radius 2 is 1.94 bits per heavy atom. The molecule has 1 amide bonds. The predicted octanol–water partition coefficient (Wildman–Crippen LogP) is 5.79. The van der Waals surface area contributed by atoms with E-state index in [1.807, 2.05) is 13.8 Å². The molecule has 0 atom stereocenters. The van der Waals surface area contributed by atoms with E-state index < -0.39 is 6.36 Å². The lowest BCUT2D eigenvalue weighted by atomic mass is 10.2. The molecular formula is C23H24ClF3N2O3. The van der Waals surface area contributed by atoms with Crippen molar-refractivity contribution in [1.82, 2.24) is 9.88 Å². The van der Waals surface area contributed by atoms with Gasteiger partial charge >= 0.3 is 6.36 Å². The number of aromatic nitrogens is 1. The fraction of sp³-hybridized carbons (Fsp3) is 0.348. The van der Waals surface area contributed by atoms with Crippen LogP contribution in [0.25, 0.3) is 10.9 Å². The molecule has 0 unspecified atom stereocenters. The van der Waals surface area contributed by atoms with E-state index in [9.17, 15) is 18.0 Å². The molecule has 0 spiro atoms. The van der Waals surface area contributed by atoms with Crippen LogP contribution in [0.1, 0.15) is 36.3 Å². The van der Waals surface area contributed by atoms with Crippen LogP contribution >= 0.6 is 11.6 Å². The van der Waals surface area contributed by atoms with Crippen molar-refractivity contribution in [3.63, 3.8) is 0 Å². The van der Waals surface area contributed by atoms with Crippen LogP contribution in [-0.4, -0.2) is 36.1 Å². The number of fused-ring (bicyclic) bond motifs is 1. The molecule has 172 valence electrons. The number of amides is 1. The maximum atomic E-state index is 12.9. The van der Waals surface area contributed by atoms with E-state index in [-0.39, 0.29) is 24.3 Å². The topological polar surface area (TPSA) is 52.5 Å². The van der Waals surface area contributed by atoms with Crippen molar-refractivity contribution >= 4 is 28.4 Å². The highest BCUT2D eigenvalue weighted by atomic mass is 35.5. The average molecular weight is 469 g/mol. The van der Waals surface area contributed by atoms with Gasteiger partial charge in [0, 0.05) is 35.6 Å². The summed E-state index contributed by atoms with van der Waals surface area (Å²) in [4.78, 5) is 12.9. The molecule has 32 heavy (non-hydrogen) atoms. The zero-order valence-electron chi connectivity index (χ0n) is 17.7. The molecule has 0 aliphatic heterocycles. The van der Waals surface area contributed by atoms with Crippen LogP contribution in [0.3, 0.4) is 0 Å². The highest BCUT2D eigenvalue weighted by Crippen LogP contribution is 2.27. The highest BCUT2D eigenvalue weighted by Gasteiger charge is 2.31. The number of nitrogens with zero attached hydrogens (tertiary/aromatic N) is 1. The predicted molar refractivity (Wildman–Crippen MR) is 117 cm³/mol. The SMILES string of the molecule is CC(C)OCCCNC(=O)c1cc2cc(Cl)ccc2n1Cc1cccc(OC(F)(F)F)c1. The zero-order chi connectivity index (χ0) is 23.3. The largest absolute Gasteiger partial charge is 0.573 e. The molecule has 5 nitrogen and oxygen atoms in total. The number of halogens is 4. The van der Waals surface area contributed by atoms with Crippen molar-refractivity contribution in [3.8, 4) is 5.75 Å². The van der Waals surface area contributed by atoms with Crippen LogP contribution in [0, 0.1) is 0 Å². The van der Waals surface area contributed by atoms with Crippen molar-refractivity contribution in [1.29, 1.82) is 0 Å². The number of carbonyl (C=O) groups excluding carboxylic acids is 1. The van der Waals surface area contributed by atoms with Gasteiger partial charge in [-0.05, 0) is 62.2 Å². The Balaban J connectivity index is 1.84. The lowest BCUT2D eigenvalue weighted by Gasteiger charge is -2.14. The van der Waals surface area contributed by atoms with Crippen molar-refractivity contribution in [2.24, 2.45) is 0 Å². The second kappa shape index (κ2) is 10.3. The standard InChI is InChI=1S/C23H24ClF3N2O3/c1-15(2)31-10-4-9-28-22(30)21-13-17-12-18(24)7-8-20(17)29(21)14-16-5-3-6-19(11-16)32-23(25,26)27/h3,5-8,11-13,15H,4,9-10,14H2,1-2H3,(H,28,30). The first-order valence-electron chi connectivity index (χ1n) is 10.2. The lowest BCUT2D eigenvalue weighted by molar-refractivity contribution is -0.274. The third-order valence-corrected chi connectivity index (χ3v) is 4.86. The normalized spacial score (nSPS) is 11.8. The van der Waals surface area contributed by atoms with Gasteiger partial charge in [0.2, 0.25) is 0 Å². The van der Waals surface area contributed by atoms with Gasteiger partial charge in [0.1, 0.15) is 11.4 Å². The van der Waals surface area contributed by atoms with Gasteiger partial charge in [0.25, 0.3) is 5.91 Å². The summed E-state index contributed by atoms with van der Waals surface area (Å²) in [5, 5.41) is 4.15. The number of alkyl halides is 3. The quantitative estimate of drug-likeness (QED) is 0.405. The first kappa shape index (κ1) is 23.9. The van der Waals surface area contributed by atoms with Crippen LogP contribution in [-0.2, 0) is 11.3 Å². The van der Waals surface area contributed by atoms with Gasteiger partial charge in [0.15, 0.2) is 0 Å². The van der Waals surface area contributed by atoms with E-state index in [4.69, 9.17) is 16.3 Å². The Hall–Kier alpha value is -2.71. The molecule has 0 saturated carbocycles. The molecule has 2 aromatic carbocycles. The van der Waals surface area contributed by atoms with Crippen LogP contribution in [0.15, 0.2) is 48.5 Å². The zero-order valence-corrected chi connectivity index (χ0v) is 18.5. The van der Waals surface area contributed by atoms with Crippen LogP contribution in [0.4, 0.5) is 13.2 Å². The summed E-state index contributed by atoms with van der Waals surface area (Å²) < 4.78 is 49.0. The first-order chi connectivity index (χ1) is 15.1. The third-order valence-electron chi connectivity index (χ3n) is 4.63. The average Bonchev–Trinajstić information content (AvgIpc) is 3.03. The molecule has 1 heterocycles. The third kappa shape index (κ3) is 6.64. The lowest BCUT2D eigenvalue weighted by Crippen LogP contribution is -2.28.